The van der Waals surface area contributed by atoms with E-state index in [1.165, 1.54) is 18.2 Å². The molecule has 0 radical (unpaired) electrons. The van der Waals surface area contributed by atoms with Crippen molar-refractivity contribution in [3.05, 3.63) is 69.2 Å². The lowest BCUT2D eigenvalue weighted by atomic mass is 10.1. The summed E-state index contributed by atoms with van der Waals surface area (Å²) in [6.45, 7) is 2.84. The van der Waals surface area contributed by atoms with Gasteiger partial charge in [-0.05, 0) is 48.4 Å². The van der Waals surface area contributed by atoms with Crippen molar-refractivity contribution in [3.8, 4) is 0 Å². The molecule has 0 fully saturated rings. The van der Waals surface area contributed by atoms with E-state index < -0.39 is 0 Å². The van der Waals surface area contributed by atoms with Crippen LogP contribution < -0.4 is 5.32 Å². The van der Waals surface area contributed by atoms with Crippen molar-refractivity contribution in [2.45, 2.75) is 20.0 Å². The summed E-state index contributed by atoms with van der Waals surface area (Å²) in [6.07, 6.45) is 0. The maximum Gasteiger partial charge on any atom is 0.127 e. The lowest BCUT2D eigenvalue weighted by Crippen LogP contribution is -2.14. The van der Waals surface area contributed by atoms with Crippen molar-refractivity contribution < 1.29 is 8.78 Å². The number of nitrogens with one attached hydrogen (secondary N) is 1. The summed E-state index contributed by atoms with van der Waals surface area (Å²) >= 11 is 3.31. The second kappa shape index (κ2) is 6.26. The Morgan fingerprint density at radius 2 is 1.74 bits per heavy atom. The molecule has 0 bridgehead atoms. The predicted octanol–water partition coefficient (Wildman–Crippen LogP) is 4.33. The molecule has 0 spiro atoms. The Hall–Kier alpha value is -1.26. The molecule has 0 heterocycles. The topological polar surface area (TPSA) is 12.0 Å². The molecule has 0 amide bonds. The minimum absolute atomic E-state index is 0.244. The summed E-state index contributed by atoms with van der Waals surface area (Å²) < 4.78 is 27.5. The van der Waals surface area contributed by atoms with Crippen molar-refractivity contribution >= 4 is 15.9 Å². The molecule has 19 heavy (non-hydrogen) atoms. The molecular formula is C15H14BrF2N. The molecule has 0 saturated carbocycles. The zero-order valence-corrected chi connectivity index (χ0v) is 12.1. The number of hydrogen-bond donors (Lipinski definition) is 1. The fourth-order valence-electron chi connectivity index (χ4n) is 1.84. The highest BCUT2D eigenvalue weighted by molar-refractivity contribution is 9.10. The van der Waals surface area contributed by atoms with Gasteiger partial charge in [0, 0.05) is 23.1 Å². The van der Waals surface area contributed by atoms with Crippen molar-refractivity contribution in [2.24, 2.45) is 0 Å². The number of aryl methyl sites for hydroxylation is 1. The van der Waals surface area contributed by atoms with Crippen molar-refractivity contribution in [1.82, 2.24) is 5.32 Å². The van der Waals surface area contributed by atoms with Crippen LogP contribution in [0.1, 0.15) is 16.7 Å². The summed E-state index contributed by atoms with van der Waals surface area (Å²) in [4.78, 5) is 0. The van der Waals surface area contributed by atoms with E-state index in [1.54, 1.807) is 18.2 Å². The van der Waals surface area contributed by atoms with E-state index in [0.29, 0.717) is 18.7 Å². The Morgan fingerprint density at radius 1 is 1.00 bits per heavy atom. The summed E-state index contributed by atoms with van der Waals surface area (Å²) in [5.41, 5.74) is 2.49. The normalized spacial score (nSPS) is 10.7. The zero-order valence-electron chi connectivity index (χ0n) is 10.5. The Balaban J connectivity index is 2.00. The Morgan fingerprint density at radius 3 is 2.53 bits per heavy atom. The Labute approximate surface area is 119 Å². The van der Waals surface area contributed by atoms with Gasteiger partial charge in [0.15, 0.2) is 0 Å². The van der Waals surface area contributed by atoms with Gasteiger partial charge in [-0.15, -0.1) is 0 Å². The number of halogens is 3. The van der Waals surface area contributed by atoms with Gasteiger partial charge in [-0.2, -0.15) is 0 Å². The van der Waals surface area contributed by atoms with Gasteiger partial charge < -0.3 is 5.32 Å². The molecule has 0 aromatic heterocycles. The minimum atomic E-state index is -0.254. The molecule has 2 aromatic rings. The molecule has 0 unspecified atom stereocenters. The number of hydrogen-bond acceptors (Lipinski definition) is 1. The standard InChI is InChI=1S/C15H14BrF2N/c1-10-2-4-14(17)7-11(10)8-19-9-12-6-13(16)3-5-15(12)18/h2-7,19H,8-9H2,1H3. The molecule has 2 aromatic carbocycles. The van der Waals surface area contributed by atoms with E-state index in [4.69, 9.17) is 0 Å². The minimum Gasteiger partial charge on any atom is -0.308 e. The fourth-order valence-corrected chi connectivity index (χ4v) is 2.25. The van der Waals surface area contributed by atoms with Gasteiger partial charge in [-0.1, -0.05) is 22.0 Å². The van der Waals surface area contributed by atoms with Crippen molar-refractivity contribution in [2.75, 3.05) is 0 Å². The van der Waals surface area contributed by atoms with Gasteiger partial charge in [0.25, 0.3) is 0 Å². The van der Waals surface area contributed by atoms with E-state index in [2.05, 4.69) is 21.2 Å². The van der Waals surface area contributed by atoms with Crippen LogP contribution in [0, 0.1) is 18.6 Å². The second-order valence-corrected chi connectivity index (χ2v) is 5.33. The third-order valence-corrected chi connectivity index (χ3v) is 3.44. The highest BCUT2D eigenvalue weighted by atomic mass is 79.9. The molecule has 0 aliphatic rings. The Kier molecular flexibility index (Phi) is 4.66. The summed E-state index contributed by atoms with van der Waals surface area (Å²) in [7, 11) is 0. The molecule has 1 nitrogen and oxygen atoms in total. The molecule has 0 atom stereocenters. The quantitative estimate of drug-likeness (QED) is 0.882. The first-order chi connectivity index (χ1) is 9.06. The maximum atomic E-state index is 13.5. The second-order valence-electron chi connectivity index (χ2n) is 4.41. The van der Waals surface area contributed by atoms with E-state index >= 15 is 0 Å². The van der Waals surface area contributed by atoms with Crippen molar-refractivity contribution in [3.63, 3.8) is 0 Å². The summed E-state index contributed by atoms with van der Waals surface area (Å²) in [5.74, 6) is -0.497. The van der Waals surface area contributed by atoms with Crippen LogP contribution in [-0.2, 0) is 13.1 Å². The van der Waals surface area contributed by atoms with Gasteiger partial charge in [0.2, 0.25) is 0 Å². The first-order valence-electron chi connectivity index (χ1n) is 5.96. The SMILES string of the molecule is Cc1ccc(F)cc1CNCc1cc(Br)ccc1F. The lowest BCUT2D eigenvalue weighted by molar-refractivity contribution is 0.584. The first kappa shape index (κ1) is 14.2. The largest absolute Gasteiger partial charge is 0.308 e. The average molecular weight is 326 g/mol. The average Bonchev–Trinajstić information content (AvgIpc) is 2.38. The monoisotopic (exact) mass is 325 g/mol. The van der Waals surface area contributed by atoms with Gasteiger partial charge >= 0.3 is 0 Å². The molecular weight excluding hydrogens is 312 g/mol. The number of rotatable bonds is 4. The summed E-state index contributed by atoms with van der Waals surface area (Å²) in [5, 5.41) is 3.13. The molecule has 100 valence electrons. The van der Waals surface area contributed by atoms with Crippen LogP contribution in [0.3, 0.4) is 0 Å². The molecule has 2 rings (SSSR count). The van der Waals surface area contributed by atoms with Crippen LogP contribution in [0.5, 0.6) is 0 Å². The van der Waals surface area contributed by atoms with Crippen LogP contribution >= 0.6 is 15.9 Å². The number of benzene rings is 2. The molecule has 1 N–H and O–H groups in total. The van der Waals surface area contributed by atoms with E-state index in [-0.39, 0.29) is 11.6 Å². The van der Waals surface area contributed by atoms with Crippen LogP contribution in [0.25, 0.3) is 0 Å². The van der Waals surface area contributed by atoms with Crippen LogP contribution in [0.15, 0.2) is 40.9 Å². The summed E-state index contributed by atoms with van der Waals surface area (Å²) in [6, 6.07) is 9.50. The van der Waals surface area contributed by atoms with E-state index in [1.807, 2.05) is 6.92 Å². The van der Waals surface area contributed by atoms with Crippen LogP contribution in [0.4, 0.5) is 8.78 Å². The van der Waals surface area contributed by atoms with Crippen LogP contribution in [-0.4, -0.2) is 0 Å². The lowest BCUT2D eigenvalue weighted by Gasteiger charge is -2.09. The molecule has 4 heteroatoms. The van der Waals surface area contributed by atoms with Gasteiger partial charge in [0.1, 0.15) is 11.6 Å². The van der Waals surface area contributed by atoms with Gasteiger partial charge in [-0.3, -0.25) is 0 Å². The molecule has 0 aliphatic carbocycles. The maximum absolute atomic E-state index is 13.5. The first-order valence-corrected chi connectivity index (χ1v) is 6.75. The Bertz CT molecular complexity index is 533. The van der Waals surface area contributed by atoms with E-state index in [0.717, 1.165) is 15.6 Å². The highest BCUT2D eigenvalue weighted by Gasteiger charge is 2.04. The van der Waals surface area contributed by atoms with Crippen LogP contribution in [0.2, 0.25) is 0 Å². The van der Waals surface area contributed by atoms with Gasteiger partial charge in [0.05, 0.1) is 0 Å². The fraction of sp³-hybridized carbons (Fsp3) is 0.200. The highest BCUT2D eigenvalue weighted by Crippen LogP contribution is 2.16. The smallest absolute Gasteiger partial charge is 0.127 e. The van der Waals surface area contributed by atoms with E-state index in [9.17, 15) is 8.78 Å². The molecule has 0 saturated heterocycles. The third-order valence-electron chi connectivity index (χ3n) is 2.95. The predicted molar refractivity (Wildman–Crippen MR) is 75.8 cm³/mol. The zero-order chi connectivity index (χ0) is 13.8. The molecule has 0 aliphatic heterocycles. The third kappa shape index (κ3) is 3.85. The van der Waals surface area contributed by atoms with Gasteiger partial charge in [-0.25, -0.2) is 8.78 Å². The van der Waals surface area contributed by atoms with Crippen molar-refractivity contribution in [1.29, 1.82) is 0 Å².